The number of methoxy groups -OCH3 is 1. The maximum Gasteiger partial charge on any atom is 0.333 e. The van der Waals surface area contributed by atoms with Crippen LogP contribution >= 0.6 is 0 Å². The Bertz CT molecular complexity index is 561. The molecule has 5 atom stereocenters. The van der Waals surface area contributed by atoms with Crippen molar-refractivity contribution < 1.29 is 14.3 Å². The van der Waals surface area contributed by atoms with Crippen LogP contribution in [0, 0.1) is 29.1 Å². The topological polar surface area (TPSA) is 35.5 Å². The summed E-state index contributed by atoms with van der Waals surface area (Å²) in [6.45, 7) is 9.30. The van der Waals surface area contributed by atoms with E-state index in [9.17, 15) is 4.79 Å². The van der Waals surface area contributed by atoms with E-state index in [4.69, 9.17) is 9.47 Å². The van der Waals surface area contributed by atoms with Gasteiger partial charge in [-0.1, -0.05) is 39.8 Å². The first-order valence-electron chi connectivity index (χ1n) is 9.49. The van der Waals surface area contributed by atoms with Gasteiger partial charge in [-0.25, -0.2) is 4.79 Å². The number of esters is 1. The van der Waals surface area contributed by atoms with Gasteiger partial charge in [0.15, 0.2) is 0 Å². The van der Waals surface area contributed by atoms with Gasteiger partial charge in [-0.3, -0.25) is 0 Å². The number of ether oxygens (including phenoxy) is 2. The number of hydrogen-bond acceptors (Lipinski definition) is 3. The molecule has 3 heteroatoms. The van der Waals surface area contributed by atoms with Gasteiger partial charge in [-0.05, 0) is 54.8 Å². The fraction of sp³-hybridized carbons (Fsp3) is 0.762. The number of hydrogen-bond donors (Lipinski definition) is 0. The van der Waals surface area contributed by atoms with Gasteiger partial charge in [0.2, 0.25) is 5.79 Å². The quantitative estimate of drug-likeness (QED) is 0.532. The molecule has 3 rings (SSSR count). The van der Waals surface area contributed by atoms with Crippen molar-refractivity contribution in [2.45, 2.75) is 65.6 Å². The first-order chi connectivity index (χ1) is 11.3. The Labute approximate surface area is 146 Å². The van der Waals surface area contributed by atoms with Crippen molar-refractivity contribution in [3.8, 4) is 0 Å². The normalized spacial score (nSPS) is 39.8. The van der Waals surface area contributed by atoms with Crippen molar-refractivity contribution in [3.05, 3.63) is 23.8 Å². The maximum absolute atomic E-state index is 11.9. The lowest BCUT2D eigenvalue weighted by Gasteiger charge is -2.48. The van der Waals surface area contributed by atoms with Crippen LogP contribution in [0.5, 0.6) is 0 Å². The summed E-state index contributed by atoms with van der Waals surface area (Å²) in [5.41, 5.74) is 1.34. The molecule has 0 N–H and O–H groups in total. The van der Waals surface area contributed by atoms with E-state index in [0.717, 1.165) is 31.3 Å². The molecule has 0 bridgehead atoms. The molecule has 0 unspecified atom stereocenters. The van der Waals surface area contributed by atoms with Gasteiger partial charge in [0, 0.05) is 25.2 Å². The minimum Gasteiger partial charge on any atom is -0.426 e. The molecule has 0 aromatic carbocycles. The lowest BCUT2D eigenvalue weighted by atomic mass is 9.60. The van der Waals surface area contributed by atoms with Crippen molar-refractivity contribution in [1.29, 1.82) is 0 Å². The predicted octanol–water partition coefficient (Wildman–Crippen LogP) is 4.88. The predicted molar refractivity (Wildman–Crippen MR) is 95.2 cm³/mol. The Hall–Kier alpha value is -1.09. The molecule has 2 fully saturated rings. The fourth-order valence-corrected chi connectivity index (χ4v) is 5.44. The Morgan fingerprint density at radius 1 is 1.33 bits per heavy atom. The second-order valence-electron chi connectivity index (χ2n) is 8.64. The second-order valence-corrected chi connectivity index (χ2v) is 8.64. The smallest absolute Gasteiger partial charge is 0.333 e. The summed E-state index contributed by atoms with van der Waals surface area (Å²) in [4.78, 5) is 11.9. The molecule has 3 aliphatic rings. The average Bonchev–Trinajstić information content (AvgIpc) is 3.03. The number of rotatable bonds is 5. The van der Waals surface area contributed by atoms with E-state index in [1.165, 1.54) is 6.42 Å². The van der Waals surface area contributed by atoms with Crippen LogP contribution in [0.4, 0.5) is 0 Å². The standard InChI is InChI=1S/C21H32O3/c1-14(2)7-6-8-15(3)16-9-10-17-18-13-19(22)24-21(18,23-5)12-11-20(16,17)4/h6,8,13-17H,7,9-12H2,1-5H3/b8-6+/t15-,16-,17-,20-,21+/m1/s1. The minimum absolute atomic E-state index is 0.232. The molecule has 0 aromatic rings. The second kappa shape index (κ2) is 6.33. The monoisotopic (exact) mass is 332 g/mol. The van der Waals surface area contributed by atoms with Crippen molar-refractivity contribution in [2.24, 2.45) is 29.1 Å². The highest BCUT2D eigenvalue weighted by Crippen LogP contribution is 2.63. The first-order valence-corrected chi connectivity index (χ1v) is 9.49. The highest BCUT2D eigenvalue weighted by Gasteiger charge is 2.60. The number of carbonyl (C=O) groups is 1. The van der Waals surface area contributed by atoms with Crippen LogP contribution in [-0.2, 0) is 14.3 Å². The molecule has 134 valence electrons. The fourth-order valence-electron chi connectivity index (χ4n) is 5.44. The van der Waals surface area contributed by atoms with E-state index < -0.39 is 5.79 Å². The summed E-state index contributed by atoms with van der Waals surface area (Å²) < 4.78 is 11.3. The molecule has 0 spiro atoms. The molecule has 0 amide bonds. The van der Waals surface area contributed by atoms with E-state index in [2.05, 4.69) is 39.8 Å². The Balaban J connectivity index is 1.81. The van der Waals surface area contributed by atoms with Gasteiger partial charge in [0.25, 0.3) is 0 Å². The van der Waals surface area contributed by atoms with Gasteiger partial charge in [0.1, 0.15) is 0 Å². The van der Waals surface area contributed by atoms with Crippen LogP contribution in [-0.4, -0.2) is 18.9 Å². The van der Waals surface area contributed by atoms with Crippen molar-refractivity contribution >= 4 is 5.97 Å². The Kier molecular flexibility index (Phi) is 4.67. The summed E-state index contributed by atoms with van der Waals surface area (Å²) in [6, 6.07) is 0. The van der Waals surface area contributed by atoms with E-state index in [1.807, 2.05) is 0 Å². The Morgan fingerprint density at radius 3 is 2.75 bits per heavy atom. The van der Waals surface area contributed by atoms with Gasteiger partial charge in [-0.2, -0.15) is 0 Å². The van der Waals surface area contributed by atoms with Crippen LogP contribution in [0.25, 0.3) is 0 Å². The summed E-state index contributed by atoms with van der Waals surface area (Å²) >= 11 is 0. The largest absolute Gasteiger partial charge is 0.426 e. The molecule has 24 heavy (non-hydrogen) atoms. The van der Waals surface area contributed by atoms with Crippen LogP contribution in [0.2, 0.25) is 0 Å². The van der Waals surface area contributed by atoms with E-state index in [0.29, 0.717) is 23.7 Å². The molecule has 2 saturated carbocycles. The van der Waals surface area contributed by atoms with Crippen LogP contribution in [0.1, 0.15) is 59.8 Å². The third-order valence-corrected chi connectivity index (χ3v) is 6.77. The van der Waals surface area contributed by atoms with Crippen LogP contribution < -0.4 is 0 Å². The highest BCUT2D eigenvalue weighted by atomic mass is 16.7. The minimum atomic E-state index is -0.771. The zero-order valence-corrected chi connectivity index (χ0v) is 15.8. The van der Waals surface area contributed by atoms with Gasteiger partial charge in [-0.15, -0.1) is 0 Å². The molecule has 0 aromatic heterocycles. The SMILES string of the molecule is CO[C@]12CC[C@@]3(C)[C@H](CC[C@@H]3[C@H](C)/C=C/CC(C)C)C1=CC(=O)O2. The summed E-state index contributed by atoms with van der Waals surface area (Å²) in [5, 5.41) is 0. The van der Waals surface area contributed by atoms with Crippen molar-refractivity contribution in [1.82, 2.24) is 0 Å². The lowest BCUT2D eigenvalue weighted by molar-refractivity contribution is -0.208. The molecular weight excluding hydrogens is 300 g/mol. The van der Waals surface area contributed by atoms with Crippen molar-refractivity contribution in [2.75, 3.05) is 7.11 Å². The molecule has 0 radical (unpaired) electrons. The molecule has 1 heterocycles. The lowest BCUT2D eigenvalue weighted by Crippen LogP contribution is -2.47. The summed E-state index contributed by atoms with van der Waals surface area (Å²) in [5.74, 6) is 1.36. The zero-order chi connectivity index (χ0) is 17.5. The molecule has 3 nitrogen and oxygen atoms in total. The van der Waals surface area contributed by atoms with Gasteiger partial charge < -0.3 is 9.47 Å². The van der Waals surface area contributed by atoms with Gasteiger partial charge in [0.05, 0.1) is 0 Å². The van der Waals surface area contributed by atoms with E-state index in [-0.39, 0.29) is 11.4 Å². The van der Waals surface area contributed by atoms with Crippen LogP contribution in [0.3, 0.4) is 0 Å². The van der Waals surface area contributed by atoms with E-state index in [1.54, 1.807) is 13.2 Å². The molecule has 0 saturated heterocycles. The average molecular weight is 332 g/mol. The molecule has 1 aliphatic heterocycles. The summed E-state index contributed by atoms with van der Waals surface area (Å²) in [6.07, 6.45) is 11.8. The summed E-state index contributed by atoms with van der Waals surface area (Å²) in [7, 11) is 1.67. The molecular formula is C21H32O3. The number of fused-ring (bicyclic) bond motifs is 3. The van der Waals surface area contributed by atoms with E-state index >= 15 is 0 Å². The molecule has 2 aliphatic carbocycles. The zero-order valence-electron chi connectivity index (χ0n) is 15.8. The maximum atomic E-state index is 11.9. The van der Waals surface area contributed by atoms with Crippen molar-refractivity contribution in [3.63, 3.8) is 0 Å². The third kappa shape index (κ3) is 2.75. The Morgan fingerprint density at radius 2 is 2.08 bits per heavy atom. The third-order valence-electron chi connectivity index (χ3n) is 6.77. The van der Waals surface area contributed by atoms with Gasteiger partial charge >= 0.3 is 5.97 Å². The highest BCUT2D eigenvalue weighted by molar-refractivity contribution is 5.86. The first kappa shape index (κ1) is 17.7. The van der Waals surface area contributed by atoms with Crippen LogP contribution in [0.15, 0.2) is 23.8 Å². The number of allylic oxidation sites excluding steroid dienone is 2. The number of carbonyl (C=O) groups excluding carboxylic acids is 1.